The molecule has 1 rings (SSSR count). The minimum absolute atomic E-state index is 0.0990. The van der Waals surface area contributed by atoms with Gasteiger partial charge in [-0.05, 0) is 19.1 Å². The lowest BCUT2D eigenvalue weighted by atomic mass is 10.2. The number of para-hydroxylation sites is 1. The second-order valence-electron chi connectivity index (χ2n) is 3.81. The number of sulfone groups is 1. The zero-order valence-corrected chi connectivity index (χ0v) is 11.6. The highest BCUT2D eigenvalue weighted by Gasteiger charge is 2.08. The third-order valence-corrected chi connectivity index (χ3v) is 4.24. The number of benzene rings is 1. The molecule has 1 aromatic carbocycles. The van der Waals surface area contributed by atoms with Crippen molar-refractivity contribution in [2.24, 2.45) is 0 Å². The first-order valence-corrected chi connectivity index (χ1v) is 7.78. The highest BCUT2D eigenvalue weighted by atomic mass is 32.2. The van der Waals surface area contributed by atoms with E-state index < -0.39 is 9.84 Å². The van der Waals surface area contributed by atoms with Gasteiger partial charge in [0.25, 0.3) is 0 Å². The Labute approximate surface area is 108 Å². The maximum Gasteiger partial charge on any atom is 0.151 e. The third-order valence-electron chi connectivity index (χ3n) is 2.53. The van der Waals surface area contributed by atoms with Gasteiger partial charge in [-0.3, -0.25) is 0 Å². The molecule has 6 heteroatoms. The average molecular weight is 272 g/mol. The van der Waals surface area contributed by atoms with Crippen LogP contribution in [0.15, 0.2) is 18.2 Å². The van der Waals surface area contributed by atoms with Crippen molar-refractivity contribution in [1.29, 1.82) is 0 Å². The fraction of sp³-hybridized carbons (Fsp3) is 0.500. The summed E-state index contributed by atoms with van der Waals surface area (Å²) in [6, 6.07) is 5.40. The van der Waals surface area contributed by atoms with Gasteiger partial charge in [0.15, 0.2) is 9.84 Å². The molecule has 0 radical (unpaired) electrons. The molecular formula is C12H20N2O3S. The van der Waals surface area contributed by atoms with Gasteiger partial charge in [0.2, 0.25) is 0 Å². The van der Waals surface area contributed by atoms with Crippen LogP contribution < -0.4 is 15.8 Å². The monoisotopic (exact) mass is 272 g/mol. The maximum absolute atomic E-state index is 11.3. The van der Waals surface area contributed by atoms with E-state index >= 15 is 0 Å². The van der Waals surface area contributed by atoms with Gasteiger partial charge in [-0.1, -0.05) is 13.0 Å². The molecule has 1 aromatic rings. The van der Waals surface area contributed by atoms with Crippen LogP contribution in [0.3, 0.4) is 0 Å². The van der Waals surface area contributed by atoms with Crippen LogP contribution in [0.1, 0.15) is 13.8 Å². The van der Waals surface area contributed by atoms with E-state index in [9.17, 15) is 8.42 Å². The van der Waals surface area contributed by atoms with Crippen molar-refractivity contribution in [1.82, 2.24) is 0 Å². The summed E-state index contributed by atoms with van der Waals surface area (Å²) in [5.41, 5.74) is 7.12. The van der Waals surface area contributed by atoms with E-state index in [1.807, 2.05) is 13.0 Å². The lowest BCUT2D eigenvalue weighted by molar-refractivity contribution is 0.342. The number of anilines is 2. The summed E-state index contributed by atoms with van der Waals surface area (Å²) < 4.78 is 28.1. The van der Waals surface area contributed by atoms with Crippen molar-refractivity contribution >= 4 is 21.2 Å². The van der Waals surface area contributed by atoms with Gasteiger partial charge in [0.1, 0.15) is 5.75 Å². The number of nitrogens with two attached hydrogens (primary N) is 1. The molecule has 18 heavy (non-hydrogen) atoms. The standard InChI is InChI=1S/C12H20N2O3S/c1-3-17-11-7-5-6-10(12(11)13)14-8-9-18(15,16)4-2/h5-7,14H,3-4,8-9,13H2,1-2H3. The Balaban J connectivity index is 2.65. The first kappa shape index (κ1) is 14.6. The summed E-state index contributed by atoms with van der Waals surface area (Å²) in [5.74, 6) is 0.867. The van der Waals surface area contributed by atoms with E-state index in [0.29, 0.717) is 30.3 Å². The first-order valence-electron chi connectivity index (χ1n) is 5.95. The van der Waals surface area contributed by atoms with Gasteiger partial charge in [-0.2, -0.15) is 0 Å². The molecule has 0 bridgehead atoms. The van der Waals surface area contributed by atoms with Crippen LogP contribution in [0.5, 0.6) is 5.75 Å². The Morgan fingerprint density at radius 3 is 2.67 bits per heavy atom. The van der Waals surface area contributed by atoms with E-state index in [2.05, 4.69) is 5.32 Å². The Hall–Kier alpha value is -1.43. The molecule has 0 aliphatic heterocycles. The quantitative estimate of drug-likeness (QED) is 0.735. The molecule has 0 spiro atoms. The number of ether oxygens (including phenoxy) is 1. The summed E-state index contributed by atoms with van der Waals surface area (Å²) in [4.78, 5) is 0. The van der Waals surface area contributed by atoms with E-state index in [-0.39, 0.29) is 11.5 Å². The third kappa shape index (κ3) is 4.10. The second kappa shape index (κ2) is 6.49. The molecule has 102 valence electrons. The van der Waals surface area contributed by atoms with Gasteiger partial charge < -0.3 is 15.8 Å². The van der Waals surface area contributed by atoms with Crippen LogP contribution in [-0.2, 0) is 9.84 Å². The van der Waals surface area contributed by atoms with Crippen LogP contribution in [0.25, 0.3) is 0 Å². The molecule has 0 aromatic heterocycles. The van der Waals surface area contributed by atoms with E-state index in [0.717, 1.165) is 0 Å². The Kier molecular flexibility index (Phi) is 5.27. The summed E-state index contributed by atoms with van der Waals surface area (Å²) in [6.45, 7) is 4.40. The van der Waals surface area contributed by atoms with E-state index in [1.165, 1.54) is 0 Å². The van der Waals surface area contributed by atoms with Crippen molar-refractivity contribution in [2.45, 2.75) is 13.8 Å². The van der Waals surface area contributed by atoms with Crippen molar-refractivity contribution in [3.63, 3.8) is 0 Å². The predicted octanol–water partition coefficient (Wildman–Crippen LogP) is 1.51. The van der Waals surface area contributed by atoms with Gasteiger partial charge in [-0.25, -0.2) is 8.42 Å². The molecule has 5 nitrogen and oxygen atoms in total. The van der Waals surface area contributed by atoms with Crippen LogP contribution in [0.2, 0.25) is 0 Å². The highest BCUT2D eigenvalue weighted by molar-refractivity contribution is 7.91. The van der Waals surface area contributed by atoms with Crippen molar-refractivity contribution in [2.75, 3.05) is 35.7 Å². The number of hydrogen-bond donors (Lipinski definition) is 2. The summed E-state index contributed by atoms with van der Waals surface area (Å²) in [5, 5.41) is 3.02. The second-order valence-corrected chi connectivity index (χ2v) is 6.29. The zero-order chi connectivity index (χ0) is 13.6. The normalized spacial score (nSPS) is 11.2. The van der Waals surface area contributed by atoms with Crippen LogP contribution >= 0.6 is 0 Å². The lowest BCUT2D eigenvalue weighted by Crippen LogP contribution is -2.17. The minimum Gasteiger partial charge on any atom is -0.492 e. The average Bonchev–Trinajstić information content (AvgIpc) is 2.34. The van der Waals surface area contributed by atoms with Crippen LogP contribution in [0, 0.1) is 0 Å². The van der Waals surface area contributed by atoms with Gasteiger partial charge in [0.05, 0.1) is 23.7 Å². The first-order chi connectivity index (χ1) is 8.50. The molecular weight excluding hydrogens is 252 g/mol. The Morgan fingerprint density at radius 2 is 2.06 bits per heavy atom. The molecule has 0 fully saturated rings. The number of rotatable bonds is 7. The number of nitrogen functional groups attached to an aromatic ring is 1. The van der Waals surface area contributed by atoms with Crippen LogP contribution in [0.4, 0.5) is 11.4 Å². The van der Waals surface area contributed by atoms with E-state index in [1.54, 1.807) is 19.1 Å². The van der Waals surface area contributed by atoms with Crippen molar-refractivity contribution < 1.29 is 13.2 Å². The Bertz CT molecular complexity index is 486. The molecule has 0 atom stereocenters. The van der Waals surface area contributed by atoms with Gasteiger partial charge in [0, 0.05) is 12.3 Å². The van der Waals surface area contributed by atoms with Gasteiger partial charge >= 0.3 is 0 Å². The van der Waals surface area contributed by atoms with Gasteiger partial charge in [-0.15, -0.1) is 0 Å². The number of hydrogen-bond acceptors (Lipinski definition) is 5. The molecule has 0 amide bonds. The fourth-order valence-corrected chi connectivity index (χ4v) is 2.17. The molecule has 0 saturated heterocycles. The fourth-order valence-electron chi connectivity index (χ4n) is 1.47. The lowest BCUT2D eigenvalue weighted by Gasteiger charge is -2.12. The topological polar surface area (TPSA) is 81.4 Å². The summed E-state index contributed by atoms with van der Waals surface area (Å²) >= 11 is 0. The van der Waals surface area contributed by atoms with Crippen LogP contribution in [-0.4, -0.2) is 33.1 Å². The smallest absolute Gasteiger partial charge is 0.151 e. The molecule has 0 heterocycles. The maximum atomic E-state index is 11.3. The molecule has 0 aliphatic rings. The molecule has 3 N–H and O–H groups in total. The minimum atomic E-state index is -2.96. The Morgan fingerprint density at radius 1 is 1.33 bits per heavy atom. The molecule has 0 aliphatic carbocycles. The highest BCUT2D eigenvalue weighted by Crippen LogP contribution is 2.29. The largest absolute Gasteiger partial charge is 0.492 e. The summed E-state index contributed by atoms with van der Waals surface area (Å²) in [7, 11) is -2.96. The molecule has 0 unspecified atom stereocenters. The molecule has 0 saturated carbocycles. The van der Waals surface area contributed by atoms with Crippen molar-refractivity contribution in [3.8, 4) is 5.75 Å². The predicted molar refractivity (Wildman–Crippen MR) is 74.8 cm³/mol. The summed E-state index contributed by atoms with van der Waals surface area (Å²) in [6.07, 6.45) is 0. The zero-order valence-electron chi connectivity index (χ0n) is 10.8. The SMILES string of the molecule is CCOc1cccc(NCCS(=O)(=O)CC)c1N. The van der Waals surface area contributed by atoms with Crippen molar-refractivity contribution in [3.05, 3.63) is 18.2 Å². The number of nitrogens with one attached hydrogen (secondary N) is 1. The van der Waals surface area contributed by atoms with E-state index in [4.69, 9.17) is 10.5 Å².